The normalized spacial score (nSPS) is 16.0. The van der Waals surface area contributed by atoms with Crippen LogP contribution in [0.2, 0.25) is 0 Å². The van der Waals surface area contributed by atoms with Crippen LogP contribution in [0.5, 0.6) is 5.75 Å². The predicted molar refractivity (Wildman–Crippen MR) is 118 cm³/mol. The smallest absolute Gasteiger partial charge is 0.267 e. The number of fused-ring (bicyclic) bond motifs is 2. The summed E-state index contributed by atoms with van der Waals surface area (Å²) in [6.45, 7) is 2.78. The first-order valence-corrected chi connectivity index (χ1v) is 10.2. The zero-order valence-corrected chi connectivity index (χ0v) is 17.3. The molecule has 1 aliphatic rings. The van der Waals surface area contributed by atoms with Crippen molar-refractivity contribution in [3.8, 4) is 5.75 Å². The van der Waals surface area contributed by atoms with Crippen LogP contribution in [-0.2, 0) is 17.6 Å². The summed E-state index contributed by atoms with van der Waals surface area (Å²) in [7, 11) is 1.68. The van der Waals surface area contributed by atoms with Gasteiger partial charge in [0.05, 0.1) is 7.11 Å². The van der Waals surface area contributed by atoms with Crippen molar-refractivity contribution in [1.82, 2.24) is 15.8 Å². The number of benzene rings is 2. The minimum atomic E-state index is -0.511. The zero-order chi connectivity index (χ0) is 21.1. The third-order valence-corrected chi connectivity index (χ3v) is 5.89. The van der Waals surface area contributed by atoms with Crippen LogP contribution in [0, 0.1) is 0 Å². The Morgan fingerprint density at radius 1 is 1.30 bits per heavy atom. The van der Waals surface area contributed by atoms with Gasteiger partial charge in [0.1, 0.15) is 5.75 Å². The number of allylic oxidation sites excluding steroid dienone is 1. The Kier molecular flexibility index (Phi) is 5.88. The van der Waals surface area contributed by atoms with Gasteiger partial charge in [-0.3, -0.25) is 10.0 Å². The van der Waals surface area contributed by atoms with Crippen LogP contribution in [0.25, 0.3) is 16.5 Å². The largest absolute Gasteiger partial charge is 0.497 e. The SMILES string of the molecule is COc1ccc2c(CCNC3CCc4cc(/C(C)=C/C(=O)NO)ccc43)c[nH]c2c1. The topological polar surface area (TPSA) is 86.4 Å². The first-order valence-electron chi connectivity index (χ1n) is 10.2. The Bertz CT molecular complexity index is 1100. The molecule has 0 saturated carbocycles. The maximum Gasteiger partial charge on any atom is 0.267 e. The van der Waals surface area contributed by atoms with Crippen LogP contribution in [0.4, 0.5) is 0 Å². The van der Waals surface area contributed by atoms with E-state index >= 15 is 0 Å². The van der Waals surface area contributed by atoms with Gasteiger partial charge in [0.2, 0.25) is 0 Å². The Balaban J connectivity index is 1.40. The fourth-order valence-corrected chi connectivity index (χ4v) is 4.27. The van der Waals surface area contributed by atoms with Crippen molar-refractivity contribution in [2.45, 2.75) is 32.2 Å². The Morgan fingerprint density at radius 3 is 2.97 bits per heavy atom. The minimum Gasteiger partial charge on any atom is -0.497 e. The molecule has 1 heterocycles. The lowest BCUT2D eigenvalue weighted by Gasteiger charge is -2.14. The van der Waals surface area contributed by atoms with Gasteiger partial charge in [-0.25, -0.2) is 5.48 Å². The molecular formula is C24H27N3O3. The highest BCUT2D eigenvalue weighted by Crippen LogP contribution is 2.33. The second-order valence-corrected chi connectivity index (χ2v) is 7.74. The summed E-state index contributed by atoms with van der Waals surface area (Å²) in [6, 6.07) is 12.8. The quantitative estimate of drug-likeness (QED) is 0.273. The lowest BCUT2D eigenvalue weighted by Crippen LogP contribution is -2.21. The monoisotopic (exact) mass is 405 g/mol. The molecule has 0 bridgehead atoms. The molecule has 0 radical (unpaired) electrons. The van der Waals surface area contributed by atoms with E-state index in [4.69, 9.17) is 9.94 Å². The summed E-state index contributed by atoms with van der Waals surface area (Å²) in [6.07, 6.45) is 6.53. The number of carbonyl (C=O) groups excluding carboxylic acids is 1. The number of amides is 1. The van der Waals surface area contributed by atoms with E-state index in [9.17, 15) is 4.79 Å². The predicted octanol–water partition coefficient (Wildman–Crippen LogP) is 3.90. The summed E-state index contributed by atoms with van der Waals surface area (Å²) in [5.41, 5.74) is 8.54. The highest BCUT2D eigenvalue weighted by atomic mass is 16.5. The second kappa shape index (κ2) is 8.73. The van der Waals surface area contributed by atoms with Gasteiger partial charge in [-0.2, -0.15) is 0 Å². The highest BCUT2D eigenvalue weighted by Gasteiger charge is 2.22. The number of carbonyl (C=O) groups is 1. The standard InChI is InChI=1S/C24H27N3O3/c1-15(11-24(28)27-29)16-3-6-20-17(12-16)4-8-22(20)25-10-9-18-14-26-23-13-19(30-2)5-7-21(18)23/h3,5-7,11-14,22,25-26,29H,4,8-10H2,1-2H3,(H,27,28)/b15-11+. The molecule has 156 valence electrons. The lowest BCUT2D eigenvalue weighted by atomic mass is 10.00. The van der Waals surface area contributed by atoms with Crippen molar-refractivity contribution in [3.63, 3.8) is 0 Å². The van der Waals surface area contributed by atoms with Crippen LogP contribution in [0.3, 0.4) is 0 Å². The summed E-state index contributed by atoms with van der Waals surface area (Å²) in [5.74, 6) is 0.348. The molecular weight excluding hydrogens is 378 g/mol. The fraction of sp³-hybridized carbons (Fsp3) is 0.292. The van der Waals surface area contributed by atoms with Crippen LogP contribution < -0.4 is 15.5 Å². The van der Waals surface area contributed by atoms with Gasteiger partial charge >= 0.3 is 0 Å². The van der Waals surface area contributed by atoms with Crippen LogP contribution >= 0.6 is 0 Å². The van der Waals surface area contributed by atoms with Crippen LogP contribution in [0.15, 0.2) is 48.7 Å². The number of hydroxylamine groups is 1. The van der Waals surface area contributed by atoms with Gasteiger partial charge in [0.25, 0.3) is 5.91 Å². The third-order valence-electron chi connectivity index (χ3n) is 5.89. The molecule has 30 heavy (non-hydrogen) atoms. The van der Waals surface area contributed by atoms with Gasteiger partial charge in [-0.15, -0.1) is 0 Å². The molecule has 0 saturated heterocycles. The number of aromatic nitrogens is 1. The van der Waals surface area contributed by atoms with E-state index in [1.807, 2.05) is 25.1 Å². The molecule has 6 heteroatoms. The first-order chi connectivity index (χ1) is 14.6. The zero-order valence-electron chi connectivity index (χ0n) is 17.3. The van der Waals surface area contributed by atoms with Gasteiger partial charge < -0.3 is 15.0 Å². The van der Waals surface area contributed by atoms with Crippen molar-refractivity contribution in [3.05, 3.63) is 70.9 Å². The van der Waals surface area contributed by atoms with Crippen molar-refractivity contribution in [2.24, 2.45) is 0 Å². The number of aromatic amines is 1. The molecule has 1 unspecified atom stereocenters. The summed E-state index contributed by atoms with van der Waals surface area (Å²) >= 11 is 0. The van der Waals surface area contributed by atoms with Crippen LogP contribution in [-0.4, -0.2) is 29.8 Å². The molecule has 1 aliphatic carbocycles. The molecule has 1 atom stereocenters. The third kappa shape index (κ3) is 4.10. The number of H-pyrrole nitrogens is 1. The van der Waals surface area contributed by atoms with E-state index in [0.29, 0.717) is 6.04 Å². The lowest BCUT2D eigenvalue weighted by molar-refractivity contribution is -0.124. The van der Waals surface area contributed by atoms with E-state index < -0.39 is 5.91 Å². The number of hydrogen-bond acceptors (Lipinski definition) is 4. The minimum absolute atomic E-state index is 0.351. The van der Waals surface area contributed by atoms with Crippen molar-refractivity contribution < 1.29 is 14.7 Å². The second-order valence-electron chi connectivity index (χ2n) is 7.74. The number of methoxy groups -OCH3 is 1. The highest BCUT2D eigenvalue weighted by molar-refractivity contribution is 5.94. The van der Waals surface area contributed by atoms with Crippen molar-refractivity contribution in [1.29, 1.82) is 0 Å². The summed E-state index contributed by atoms with van der Waals surface area (Å²) < 4.78 is 5.29. The fourth-order valence-electron chi connectivity index (χ4n) is 4.27. The molecule has 0 spiro atoms. The van der Waals surface area contributed by atoms with Gasteiger partial charge in [-0.1, -0.05) is 18.2 Å². The molecule has 1 amide bonds. The number of rotatable bonds is 7. The molecule has 3 aromatic rings. The van der Waals surface area contributed by atoms with E-state index in [1.165, 1.54) is 28.2 Å². The molecule has 0 aliphatic heterocycles. The van der Waals surface area contributed by atoms with E-state index in [1.54, 1.807) is 12.6 Å². The van der Waals surface area contributed by atoms with E-state index in [-0.39, 0.29) is 0 Å². The number of nitrogens with one attached hydrogen (secondary N) is 3. The summed E-state index contributed by atoms with van der Waals surface area (Å²) in [5, 5.41) is 13.6. The Hall–Kier alpha value is -3.09. The molecule has 6 nitrogen and oxygen atoms in total. The molecule has 4 rings (SSSR count). The molecule has 0 fully saturated rings. The maximum atomic E-state index is 11.4. The number of aryl methyl sites for hydroxylation is 1. The van der Waals surface area contributed by atoms with Crippen molar-refractivity contribution in [2.75, 3.05) is 13.7 Å². The molecule has 2 aromatic carbocycles. The molecule has 4 N–H and O–H groups in total. The first kappa shape index (κ1) is 20.2. The van der Waals surface area contributed by atoms with Gasteiger partial charge in [-0.05, 0) is 72.7 Å². The van der Waals surface area contributed by atoms with E-state index in [2.05, 4.69) is 34.7 Å². The van der Waals surface area contributed by atoms with Gasteiger partial charge in [0, 0.05) is 35.3 Å². The average molecular weight is 405 g/mol. The Morgan fingerprint density at radius 2 is 2.17 bits per heavy atom. The van der Waals surface area contributed by atoms with Crippen LogP contribution in [0.1, 0.15) is 41.6 Å². The molecule has 1 aromatic heterocycles. The number of hydrogen-bond donors (Lipinski definition) is 4. The van der Waals surface area contributed by atoms with Gasteiger partial charge in [0.15, 0.2) is 0 Å². The Labute approximate surface area is 175 Å². The van der Waals surface area contributed by atoms with E-state index in [0.717, 1.165) is 48.2 Å². The number of ether oxygens (including phenoxy) is 1. The average Bonchev–Trinajstić information content (AvgIpc) is 3.36. The van der Waals surface area contributed by atoms with Crippen molar-refractivity contribution >= 4 is 22.4 Å². The summed E-state index contributed by atoms with van der Waals surface area (Å²) in [4.78, 5) is 14.7. The maximum absolute atomic E-state index is 11.4.